The topological polar surface area (TPSA) is 29.9 Å². The average molecular weight is 279 g/mol. The molecule has 1 unspecified atom stereocenters. The van der Waals surface area contributed by atoms with Crippen LogP contribution >= 0.6 is 0 Å². The second-order valence-electron chi connectivity index (χ2n) is 4.62. The molecule has 0 amide bonds. The number of nitrogens with zero attached hydrogens (tertiary/aromatic N) is 2. The molecular weight excluding hydrogens is 260 g/mol. The van der Waals surface area contributed by atoms with E-state index in [9.17, 15) is 8.78 Å². The van der Waals surface area contributed by atoms with Crippen LogP contribution in [0.25, 0.3) is 0 Å². The van der Waals surface area contributed by atoms with Crippen LogP contribution in [0.5, 0.6) is 0 Å². The molecule has 1 atom stereocenters. The van der Waals surface area contributed by atoms with Crippen molar-refractivity contribution in [3.05, 3.63) is 53.6 Å². The van der Waals surface area contributed by atoms with Gasteiger partial charge < -0.3 is 9.88 Å². The first-order chi connectivity index (χ1) is 9.65. The van der Waals surface area contributed by atoms with Crippen molar-refractivity contribution < 1.29 is 8.78 Å². The number of rotatable bonds is 6. The summed E-state index contributed by atoms with van der Waals surface area (Å²) < 4.78 is 28.8. The van der Waals surface area contributed by atoms with E-state index < -0.39 is 11.6 Å². The molecule has 20 heavy (non-hydrogen) atoms. The van der Waals surface area contributed by atoms with Crippen LogP contribution in [0.1, 0.15) is 31.3 Å². The van der Waals surface area contributed by atoms with Crippen molar-refractivity contribution in [1.82, 2.24) is 14.9 Å². The molecule has 5 heteroatoms. The second-order valence-corrected chi connectivity index (χ2v) is 4.62. The molecular formula is C15H19F2N3. The highest BCUT2D eigenvalue weighted by Gasteiger charge is 2.18. The quantitative estimate of drug-likeness (QED) is 0.880. The Morgan fingerprint density at radius 3 is 2.75 bits per heavy atom. The summed E-state index contributed by atoms with van der Waals surface area (Å²) in [6.45, 7) is 5.59. The van der Waals surface area contributed by atoms with E-state index >= 15 is 0 Å². The van der Waals surface area contributed by atoms with Gasteiger partial charge in [0.05, 0.1) is 6.04 Å². The van der Waals surface area contributed by atoms with Gasteiger partial charge in [0.25, 0.3) is 0 Å². The van der Waals surface area contributed by atoms with E-state index in [2.05, 4.69) is 10.3 Å². The molecule has 2 aromatic rings. The van der Waals surface area contributed by atoms with Crippen LogP contribution in [-0.2, 0) is 13.0 Å². The number of nitrogens with one attached hydrogen (secondary N) is 1. The van der Waals surface area contributed by atoms with E-state index in [1.54, 1.807) is 6.20 Å². The van der Waals surface area contributed by atoms with E-state index in [1.807, 2.05) is 24.6 Å². The lowest BCUT2D eigenvalue weighted by atomic mass is 10.0. The third-order valence-electron chi connectivity index (χ3n) is 3.29. The molecule has 0 saturated heterocycles. The minimum atomic E-state index is -0.554. The predicted octanol–water partition coefficient (Wildman–Crippen LogP) is 3.07. The molecule has 0 bridgehead atoms. The van der Waals surface area contributed by atoms with Gasteiger partial charge in [-0.25, -0.2) is 13.8 Å². The van der Waals surface area contributed by atoms with Crippen LogP contribution in [0.2, 0.25) is 0 Å². The summed E-state index contributed by atoms with van der Waals surface area (Å²) in [5.41, 5.74) is 0.489. The predicted molar refractivity (Wildman–Crippen MR) is 74.4 cm³/mol. The number of hydrogen-bond donors (Lipinski definition) is 1. The molecule has 1 N–H and O–H groups in total. The molecule has 108 valence electrons. The van der Waals surface area contributed by atoms with Crippen molar-refractivity contribution in [1.29, 1.82) is 0 Å². The normalized spacial score (nSPS) is 12.6. The molecule has 0 radical (unpaired) electrons. The maximum absolute atomic E-state index is 13.8. The smallest absolute Gasteiger partial charge is 0.129 e. The number of halogens is 2. The van der Waals surface area contributed by atoms with Crippen LogP contribution in [-0.4, -0.2) is 16.1 Å². The fraction of sp³-hybridized carbons (Fsp3) is 0.400. The Hall–Kier alpha value is -1.75. The summed E-state index contributed by atoms with van der Waals surface area (Å²) in [5.74, 6) is -0.193. The number of aryl methyl sites for hydroxylation is 1. The number of imidazole rings is 1. The second kappa shape index (κ2) is 6.61. The maximum atomic E-state index is 13.8. The molecule has 1 aromatic heterocycles. The highest BCUT2D eigenvalue weighted by Crippen LogP contribution is 2.20. The number of aromatic nitrogens is 2. The first-order valence-electron chi connectivity index (χ1n) is 6.84. The number of hydrogen-bond acceptors (Lipinski definition) is 2. The number of benzene rings is 1. The molecule has 0 fully saturated rings. The Balaban J connectivity index is 2.25. The zero-order chi connectivity index (χ0) is 14.5. The summed E-state index contributed by atoms with van der Waals surface area (Å²) in [5, 5.41) is 3.31. The summed E-state index contributed by atoms with van der Waals surface area (Å²) >= 11 is 0. The third-order valence-corrected chi connectivity index (χ3v) is 3.29. The fourth-order valence-corrected chi connectivity index (χ4v) is 2.31. The van der Waals surface area contributed by atoms with Crippen molar-refractivity contribution >= 4 is 0 Å². The standard InChI is InChI=1S/C15H19F2N3/c1-3-18-14(15-19-7-8-20(15)4-2)9-11-5-6-12(16)10-13(11)17/h5-8,10,14,18H,3-4,9H2,1-2H3. The van der Waals surface area contributed by atoms with Crippen molar-refractivity contribution in [3.63, 3.8) is 0 Å². The van der Waals surface area contributed by atoms with E-state index in [1.165, 1.54) is 12.1 Å². The van der Waals surface area contributed by atoms with Crippen LogP contribution in [0, 0.1) is 11.6 Å². The zero-order valence-electron chi connectivity index (χ0n) is 11.7. The summed E-state index contributed by atoms with van der Waals surface area (Å²) in [4.78, 5) is 4.35. The van der Waals surface area contributed by atoms with Crippen LogP contribution in [0.4, 0.5) is 8.78 Å². The van der Waals surface area contributed by atoms with Crippen molar-refractivity contribution in [2.24, 2.45) is 0 Å². The first kappa shape index (κ1) is 14.7. The van der Waals surface area contributed by atoms with E-state index in [4.69, 9.17) is 0 Å². The van der Waals surface area contributed by atoms with Crippen molar-refractivity contribution in [3.8, 4) is 0 Å². The third kappa shape index (κ3) is 3.22. The van der Waals surface area contributed by atoms with Crippen LogP contribution < -0.4 is 5.32 Å². The fourth-order valence-electron chi connectivity index (χ4n) is 2.31. The largest absolute Gasteiger partial charge is 0.334 e. The Kier molecular flexibility index (Phi) is 4.84. The number of likely N-dealkylation sites (N-methyl/N-ethyl adjacent to an activating group) is 1. The molecule has 1 aromatic carbocycles. The molecule has 0 saturated carbocycles. The Labute approximate surface area is 117 Å². The maximum Gasteiger partial charge on any atom is 0.129 e. The summed E-state index contributed by atoms with van der Waals surface area (Å²) in [6.07, 6.45) is 4.09. The molecule has 2 rings (SSSR count). The Morgan fingerprint density at radius 2 is 2.10 bits per heavy atom. The van der Waals surface area contributed by atoms with Crippen LogP contribution in [0.3, 0.4) is 0 Å². The lowest BCUT2D eigenvalue weighted by Crippen LogP contribution is -2.26. The van der Waals surface area contributed by atoms with Gasteiger partial charge in [-0.3, -0.25) is 0 Å². The lowest BCUT2D eigenvalue weighted by Gasteiger charge is -2.19. The molecule has 1 heterocycles. The van der Waals surface area contributed by atoms with Crippen molar-refractivity contribution in [2.45, 2.75) is 32.9 Å². The minimum absolute atomic E-state index is 0.0880. The first-order valence-corrected chi connectivity index (χ1v) is 6.84. The molecule has 0 aliphatic heterocycles. The summed E-state index contributed by atoms with van der Waals surface area (Å²) in [6, 6.07) is 3.61. The van der Waals surface area contributed by atoms with Gasteiger partial charge in [-0.1, -0.05) is 13.0 Å². The van der Waals surface area contributed by atoms with Gasteiger partial charge in [-0.05, 0) is 31.5 Å². The molecule has 0 spiro atoms. The Bertz CT molecular complexity index is 566. The molecule has 0 aliphatic rings. The zero-order valence-corrected chi connectivity index (χ0v) is 11.7. The highest BCUT2D eigenvalue weighted by atomic mass is 19.1. The van der Waals surface area contributed by atoms with Gasteiger partial charge in [0, 0.05) is 25.0 Å². The van der Waals surface area contributed by atoms with Crippen LogP contribution in [0.15, 0.2) is 30.6 Å². The molecule has 3 nitrogen and oxygen atoms in total. The summed E-state index contributed by atoms with van der Waals surface area (Å²) in [7, 11) is 0. The van der Waals surface area contributed by atoms with Gasteiger partial charge >= 0.3 is 0 Å². The van der Waals surface area contributed by atoms with Crippen molar-refractivity contribution in [2.75, 3.05) is 6.54 Å². The average Bonchev–Trinajstić information content (AvgIpc) is 2.89. The SMILES string of the molecule is CCNC(Cc1ccc(F)cc1F)c1nccn1CC. The van der Waals surface area contributed by atoms with Gasteiger partial charge in [-0.2, -0.15) is 0 Å². The van der Waals surface area contributed by atoms with E-state index in [0.717, 1.165) is 25.0 Å². The highest BCUT2D eigenvalue weighted by molar-refractivity contribution is 5.21. The van der Waals surface area contributed by atoms with Gasteiger partial charge in [0.1, 0.15) is 17.5 Å². The van der Waals surface area contributed by atoms with Gasteiger partial charge in [0.2, 0.25) is 0 Å². The van der Waals surface area contributed by atoms with Gasteiger partial charge in [-0.15, -0.1) is 0 Å². The van der Waals surface area contributed by atoms with E-state index in [0.29, 0.717) is 12.0 Å². The molecule has 0 aliphatic carbocycles. The Morgan fingerprint density at radius 1 is 1.30 bits per heavy atom. The van der Waals surface area contributed by atoms with Gasteiger partial charge in [0.15, 0.2) is 0 Å². The monoisotopic (exact) mass is 279 g/mol. The minimum Gasteiger partial charge on any atom is -0.334 e. The van der Waals surface area contributed by atoms with E-state index in [-0.39, 0.29) is 6.04 Å². The lowest BCUT2D eigenvalue weighted by molar-refractivity contribution is 0.482.